The van der Waals surface area contributed by atoms with Gasteiger partial charge in [0.15, 0.2) is 0 Å². The van der Waals surface area contributed by atoms with Crippen molar-refractivity contribution in [2.45, 2.75) is 12.5 Å². The molecule has 0 unspecified atom stereocenters. The monoisotopic (exact) mass is 147 g/mol. The highest BCUT2D eigenvalue weighted by Crippen LogP contribution is 2.01. The standard InChI is InChI=1S/C4H5NO5/c5-2-1-3(6)8-10-9-4(2)7/h2H,1,5H2/t2-/m0/s1. The molecule has 1 atom stereocenters. The molecule has 1 fully saturated rings. The van der Waals surface area contributed by atoms with Crippen LogP contribution in [0.1, 0.15) is 6.42 Å². The van der Waals surface area contributed by atoms with Crippen molar-refractivity contribution in [3.63, 3.8) is 0 Å². The fourth-order valence-electron chi connectivity index (χ4n) is 0.447. The maximum atomic E-state index is 10.5. The van der Waals surface area contributed by atoms with E-state index in [0.29, 0.717) is 0 Å². The summed E-state index contributed by atoms with van der Waals surface area (Å²) in [4.78, 5) is 28.6. The van der Waals surface area contributed by atoms with Gasteiger partial charge in [-0.15, -0.1) is 0 Å². The van der Waals surface area contributed by atoms with Crippen LogP contribution < -0.4 is 5.73 Å². The maximum Gasteiger partial charge on any atom is 0.363 e. The van der Waals surface area contributed by atoms with Crippen LogP contribution in [0.5, 0.6) is 0 Å². The highest BCUT2D eigenvalue weighted by Gasteiger charge is 2.25. The van der Waals surface area contributed by atoms with Crippen LogP contribution in [-0.2, 0) is 24.4 Å². The van der Waals surface area contributed by atoms with Crippen molar-refractivity contribution in [1.82, 2.24) is 0 Å². The summed E-state index contributed by atoms with van der Waals surface area (Å²) in [6.45, 7) is 0. The van der Waals surface area contributed by atoms with Crippen molar-refractivity contribution in [3.8, 4) is 0 Å². The molecule has 1 saturated heterocycles. The summed E-state index contributed by atoms with van der Waals surface area (Å²) in [5.74, 6) is -1.54. The Bertz CT molecular complexity index is 167. The van der Waals surface area contributed by atoms with E-state index in [0.717, 1.165) is 0 Å². The van der Waals surface area contributed by atoms with Gasteiger partial charge in [-0.25, -0.2) is 9.59 Å². The van der Waals surface area contributed by atoms with Crippen LogP contribution in [0.3, 0.4) is 0 Å². The molecule has 0 radical (unpaired) electrons. The van der Waals surface area contributed by atoms with Crippen LogP contribution in [0.2, 0.25) is 0 Å². The Labute approximate surface area is 55.7 Å². The summed E-state index contributed by atoms with van der Waals surface area (Å²) in [6, 6.07) is -0.991. The van der Waals surface area contributed by atoms with Gasteiger partial charge >= 0.3 is 11.9 Å². The third-order valence-electron chi connectivity index (χ3n) is 0.932. The number of carbonyl (C=O) groups is 2. The van der Waals surface area contributed by atoms with Crippen molar-refractivity contribution in [2.75, 3.05) is 0 Å². The van der Waals surface area contributed by atoms with Gasteiger partial charge in [0.2, 0.25) is 0 Å². The molecule has 0 aromatic carbocycles. The van der Waals surface area contributed by atoms with Gasteiger partial charge in [-0.1, -0.05) is 0 Å². The second-order valence-electron chi connectivity index (χ2n) is 1.74. The first-order valence-electron chi connectivity index (χ1n) is 2.53. The molecular formula is C4H5NO5. The molecule has 1 heterocycles. The molecule has 0 amide bonds. The molecule has 2 N–H and O–H groups in total. The second-order valence-corrected chi connectivity index (χ2v) is 1.74. The molecule has 0 aliphatic carbocycles. The molecule has 1 aliphatic rings. The summed E-state index contributed by atoms with van der Waals surface area (Å²) in [6.07, 6.45) is -0.223. The minimum Gasteiger partial charge on any atom is -0.318 e. The van der Waals surface area contributed by atoms with Crippen LogP contribution in [-0.4, -0.2) is 18.0 Å². The molecule has 0 saturated carbocycles. The Kier molecular flexibility index (Phi) is 1.83. The van der Waals surface area contributed by atoms with Crippen molar-refractivity contribution >= 4 is 11.9 Å². The van der Waals surface area contributed by atoms with E-state index in [1.165, 1.54) is 0 Å². The predicted molar refractivity (Wildman–Crippen MR) is 25.9 cm³/mol. The summed E-state index contributed by atoms with van der Waals surface area (Å²) in [7, 11) is 0. The van der Waals surface area contributed by atoms with Crippen LogP contribution in [0.15, 0.2) is 0 Å². The number of hydrogen-bond acceptors (Lipinski definition) is 6. The average Bonchev–Trinajstić information content (AvgIpc) is 1.96. The van der Waals surface area contributed by atoms with Gasteiger partial charge in [0.05, 0.1) is 6.42 Å². The van der Waals surface area contributed by atoms with E-state index in [1.807, 2.05) is 0 Å². The van der Waals surface area contributed by atoms with Gasteiger partial charge in [-0.2, -0.15) is 0 Å². The Morgan fingerprint density at radius 1 is 1.40 bits per heavy atom. The van der Waals surface area contributed by atoms with Crippen LogP contribution >= 0.6 is 0 Å². The first-order chi connectivity index (χ1) is 4.70. The number of nitrogens with two attached hydrogens (primary N) is 1. The summed E-state index contributed by atoms with van der Waals surface area (Å²) in [5.41, 5.74) is 5.11. The van der Waals surface area contributed by atoms with E-state index in [4.69, 9.17) is 5.73 Å². The Balaban J connectivity index is 2.57. The number of hydrogen-bond donors (Lipinski definition) is 1. The fraction of sp³-hybridized carbons (Fsp3) is 0.500. The second kappa shape index (κ2) is 2.63. The Morgan fingerprint density at radius 3 is 2.80 bits per heavy atom. The quantitative estimate of drug-likeness (QED) is 0.426. The highest BCUT2D eigenvalue weighted by molar-refractivity contribution is 5.82. The van der Waals surface area contributed by atoms with E-state index in [2.05, 4.69) is 14.8 Å². The van der Waals surface area contributed by atoms with Gasteiger partial charge in [-0.05, 0) is 0 Å². The molecule has 6 heteroatoms. The first kappa shape index (κ1) is 6.97. The van der Waals surface area contributed by atoms with Crippen molar-refractivity contribution in [1.29, 1.82) is 0 Å². The number of rotatable bonds is 0. The van der Waals surface area contributed by atoms with Crippen LogP contribution in [0, 0.1) is 0 Å². The van der Waals surface area contributed by atoms with Crippen LogP contribution in [0.25, 0.3) is 0 Å². The van der Waals surface area contributed by atoms with Gasteiger partial charge in [0, 0.05) is 5.04 Å². The SMILES string of the molecule is N[C@H]1CC(=O)OOOC1=O. The largest absolute Gasteiger partial charge is 0.363 e. The minimum absolute atomic E-state index is 0.223. The predicted octanol–water partition coefficient (Wildman–Crippen LogP) is -1.35. The lowest BCUT2D eigenvalue weighted by atomic mass is 10.2. The highest BCUT2D eigenvalue weighted by atomic mass is 17.5. The minimum atomic E-state index is -0.991. The molecule has 10 heavy (non-hydrogen) atoms. The molecule has 1 rings (SSSR count). The average molecular weight is 147 g/mol. The van der Waals surface area contributed by atoms with Crippen LogP contribution in [0.4, 0.5) is 0 Å². The molecule has 0 bridgehead atoms. The molecule has 6 nitrogen and oxygen atoms in total. The zero-order valence-corrected chi connectivity index (χ0v) is 4.90. The van der Waals surface area contributed by atoms with Crippen molar-refractivity contribution in [3.05, 3.63) is 0 Å². The van der Waals surface area contributed by atoms with E-state index in [1.54, 1.807) is 0 Å². The number of carbonyl (C=O) groups excluding carboxylic acids is 2. The lowest BCUT2D eigenvalue weighted by Crippen LogP contribution is -2.31. The molecule has 0 aromatic heterocycles. The van der Waals surface area contributed by atoms with Crippen molar-refractivity contribution < 1.29 is 24.4 Å². The molecule has 0 spiro atoms. The molecule has 0 aromatic rings. The zero-order valence-electron chi connectivity index (χ0n) is 4.90. The van der Waals surface area contributed by atoms with Gasteiger partial charge < -0.3 is 5.73 Å². The molecular weight excluding hydrogens is 142 g/mol. The third-order valence-corrected chi connectivity index (χ3v) is 0.932. The third kappa shape index (κ3) is 1.42. The van der Waals surface area contributed by atoms with Gasteiger partial charge in [-0.3, -0.25) is 9.78 Å². The molecule has 1 aliphatic heterocycles. The van der Waals surface area contributed by atoms with Gasteiger partial charge in [0.25, 0.3) is 0 Å². The summed E-state index contributed by atoms with van der Waals surface area (Å²) >= 11 is 0. The Hall–Kier alpha value is -1.14. The maximum absolute atomic E-state index is 10.5. The molecule has 56 valence electrons. The summed E-state index contributed by atoms with van der Waals surface area (Å²) in [5, 5.41) is 3.71. The van der Waals surface area contributed by atoms with E-state index in [-0.39, 0.29) is 6.42 Å². The topological polar surface area (TPSA) is 87.9 Å². The smallest absolute Gasteiger partial charge is 0.318 e. The lowest BCUT2D eigenvalue weighted by molar-refractivity contribution is -0.455. The fourth-order valence-corrected chi connectivity index (χ4v) is 0.447. The normalized spacial score (nSPS) is 26.7. The van der Waals surface area contributed by atoms with E-state index < -0.39 is 18.0 Å². The zero-order chi connectivity index (χ0) is 7.56. The van der Waals surface area contributed by atoms with E-state index in [9.17, 15) is 9.59 Å². The van der Waals surface area contributed by atoms with E-state index >= 15 is 0 Å². The van der Waals surface area contributed by atoms with Gasteiger partial charge in [0.1, 0.15) is 6.04 Å². The van der Waals surface area contributed by atoms with Crippen molar-refractivity contribution in [2.24, 2.45) is 5.73 Å². The summed E-state index contributed by atoms with van der Waals surface area (Å²) < 4.78 is 0. The lowest BCUT2D eigenvalue weighted by Gasteiger charge is -1.96. The Morgan fingerprint density at radius 2 is 2.10 bits per heavy atom. The first-order valence-corrected chi connectivity index (χ1v) is 2.53.